The minimum absolute atomic E-state index is 0.0295. The molecule has 4 aromatic rings. The lowest BCUT2D eigenvalue weighted by Crippen LogP contribution is -2.30. The van der Waals surface area contributed by atoms with Gasteiger partial charge in [0.2, 0.25) is 5.91 Å². The van der Waals surface area contributed by atoms with E-state index in [9.17, 15) is 18.0 Å². The van der Waals surface area contributed by atoms with Crippen molar-refractivity contribution in [3.63, 3.8) is 0 Å². The van der Waals surface area contributed by atoms with Crippen molar-refractivity contribution in [2.24, 2.45) is 0 Å². The van der Waals surface area contributed by atoms with Crippen LogP contribution in [-0.4, -0.2) is 33.0 Å². The highest BCUT2D eigenvalue weighted by Crippen LogP contribution is 2.38. The summed E-state index contributed by atoms with van der Waals surface area (Å²) in [6.07, 6.45) is -3.88. The van der Waals surface area contributed by atoms with Crippen LogP contribution in [0.15, 0.2) is 71.9 Å². The molecule has 5 rings (SSSR count). The van der Waals surface area contributed by atoms with Gasteiger partial charge in [-0.2, -0.15) is 13.2 Å². The number of carbonyl (C=O) groups is 1. The summed E-state index contributed by atoms with van der Waals surface area (Å²) in [5.74, 6) is 0.187. The molecule has 0 saturated heterocycles. The number of thioether (sulfide) groups is 1. The smallest absolute Gasteiger partial charge is 0.311 e. The van der Waals surface area contributed by atoms with Crippen LogP contribution in [-0.2, 0) is 17.4 Å². The molecular weight excluding hydrogens is 532 g/mol. The average Bonchev–Trinajstić information content (AvgIpc) is 3.47. The Balaban J connectivity index is 1.51. The Bertz CT molecular complexity index is 1460. The Kier molecular flexibility index (Phi) is 6.72. The Morgan fingerprint density at radius 2 is 1.81 bits per heavy atom. The summed E-state index contributed by atoms with van der Waals surface area (Å²) < 4.78 is 42.3. The third kappa shape index (κ3) is 4.83. The summed E-state index contributed by atoms with van der Waals surface area (Å²) in [5.41, 5.74) is 1.71. The Morgan fingerprint density at radius 3 is 2.58 bits per heavy atom. The first-order valence-corrected chi connectivity index (χ1v) is 12.6. The first-order valence-electron chi connectivity index (χ1n) is 10.8. The van der Waals surface area contributed by atoms with E-state index in [-0.39, 0.29) is 28.3 Å². The number of alkyl halides is 3. The van der Waals surface area contributed by atoms with Crippen molar-refractivity contribution in [2.45, 2.75) is 17.8 Å². The Hall–Kier alpha value is -3.01. The molecule has 3 aromatic carbocycles. The number of fused-ring (bicyclic) bond motifs is 1. The lowest BCUT2D eigenvalue weighted by Gasteiger charge is -2.17. The maximum absolute atomic E-state index is 13.6. The molecule has 11 heteroatoms. The molecule has 36 heavy (non-hydrogen) atoms. The van der Waals surface area contributed by atoms with Crippen LogP contribution in [0.4, 0.5) is 18.9 Å². The SMILES string of the molecule is O=C(CSc1nnc(-c2cccc(Cl)c2)n1-c1ccc(Cl)c(C(F)(F)F)c1)N1CCc2ccccc21. The van der Waals surface area contributed by atoms with Crippen LogP contribution in [0.5, 0.6) is 0 Å². The van der Waals surface area contributed by atoms with E-state index < -0.39 is 16.8 Å². The largest absolute Gasteiger partial charge is 0.417 e. The van der Waals surface area contributed by atoms with Gasteiger partial charge in [-0.25, -0.2) is 0 Å². The fourth-order valence-electron chi connectivity index (χ4n) is 4.08. The quantitative estimate of drug-likeness (QED) is 0.253. The second-order valence-corrected chi connectivity index (χ2v) is 9.81. The predicted octanol–water partition coefficient (Wildman–Crippen LogP) is 6.94. The number of hydrogen-bond acceptors (Lipinski definition) is 4. The topological polar surface area (TPSA) is 51.0 Å². The van der Waals surface area contributed by atoms with Crippen molar-refractivity contribution in [2.75, 3.05) is 17.2 Å². The highest BCUT2D eigenvalue weighted by atomic mass is 35.5. The molecule has 0 spiro atoms. The summed E-state index contributed by atoms with van der Waals surface area (Å²) in [5, 5.41) is 8.71. The third-order valence-corrected chi connectivity index (χ3v) is 7.22. The third-order valence-electron chi connectivity index (χ3n) is 5.74. The molecule has 0 bridgehead atoms. The number of nitrogens with zero attached hydrogens (tertiary/aromatic N) is 4. The molecule has 0 atom stereocenters. The zero-order valence-corrected chi connectivity index (χ0v) is 20.8. The van der Waals surface area contributed by atoms with Crippen LogP contribution < -0.4 is 4.90 Å². The zero-order chi connectivity index (χ0) is 25.4. The second-order valence-electron chi connectivity index (χ2n) is 8.03. The lowest BCUT2D eigenvalue weighted by atomic mass is 10.1. The van der Waals surface area contributed by atoms with Crippen LogP contribution in [0.25, 0.3) is 17.1 Å². The average molecular weight is 549 g/mol. The highest BCUT2D eigenvalue weighted by molar-refractivity contribution is 7.99. The van der Waals surface area contributed by atoms with E-state index in [2.05, 4.69) is 10.2 Å². The van der Waals surface area contributed by atoms with Gasteiger partial charge in [0, 0.05) is 22.8 Å². The normalized spacial score (nSPS) is 13.2. The molecule has 0 radical (unpaired) electrons. The van der Waals surface area contributed by atoms with Gasteiger partial charge in [0.15, 0.2) is 11.0 Å². The molecule has 0 unspecified atom stereocenters. The van der Waals surface area contributed by atoms with E-state index in [1.807, 2.05) is 24.3 Å². The number of halogens is 5. The van der Waals surface area contributed by atoms with Crippen molar-refractivity contribution >= 4 is 46.6 Å². The number of carbonyl (C=O) groups excluding carboxylic acids is 1. The fourth-order valence-corrected chi connectivity index (χ4v) is 5.32. The molecule has 2 heterocycles. The monoisotopic (exact) mass is 548 g/mol. The first-order chi connectivity index (χ1) is 17.2. The minimum atomic E-state index is -4.65. The van der Waals surface area contributed by atoms with Gasteiger partial charge in [-0.1, -0.05) is 65.3 Å². The van der Waals surface area contributed by atoms with Crippen molar-refractivity contribution in [1.82, 2.24) is 14.8 Å². The van der Waals surface area contributed by atoms with E-state index >= 15 is 0 Å². The summed E-state index contributed by atoms with van der Waals surface area (Å²) in [7, 11) is 0. The van der Waals surface area contributed by atoms with E-state index in [1.165, 1.54) is 16.7 Å². The number of hydrogen-bond donors (Lipinski definition) is 0. The van der Waals surface area contributed by atoms with E-state index in [0.29, 0.717) is 17.1 Å². The standard InChI is InChI=1S/C25H17Cl2F3N4OS/c26-17-6-3-5-16(12-17)23-31-32-24(34(23)18-8-9-20(27)19(13-18)25(28,29)30)36-14-22(35)33-11-10-15-4-1-2-7-21(15)33/h1-9,12-13H,10-11,14H2. The number of para-hydroxylation sites is 1. The summed E-state index contributed by atoms with van der Waals surface area (Å²) >= 11 is 13.1. The number of rotatable bonds is 5. The lowest BCUT2D eigenvalue weighted by molar-refractivity contribution is -0.137. The molecule has 0 aliphatic carbocycles. The van der Waals surface area contributed by atoms with Crippen LogP contribution in [0, 0.1) is 0 Å². The summed E-state index contributed by atoms with van der Waals surface area (Å²) in [4.78, 5) is 14.8. The maximum Gasteiger partial charge on any atom is 0.417 e. The molecular formula is C25H17Cl2F3N4OS. The maximum atomic E-state index is 13.6. The molecule has 1 aromatic heterocycles. The molecule has 184 valence electrons. The van der Waals surface area contributed by atoms with Gasteiger partial charge in [-0.3, -0.25) is 9.36 Å². The van der Waals surface area contributed by atoms with E-state index in [1.54, 1.807) is 29.2 Å². The van der Waals surface area contributed by atoms with Crippen LogP contribution >= 0.6 is 35.0 Å². The molecule has 5 nitrogen and oxygen atoms in total. The number of benzene rings is 3. The number of aromatic nitrogens is 3. The predicted molar refractivity (Wildman–Crippen MR) is 135 cm³/mol. The van der Waals surface area contributed by atoms with Gasteiger partial charge >= 0.3 is 6.18 Å². The van der Waals surface area contributed by atoms with E-state index in [0.717, 1.165) is 35.5 Å². The second kappa shape index (κ2) is 9.80. The van der Waals surface area contributed by atoms with Crippen molar-refractivity contribution < 1.29 is 18.0 Å². The van der Waals surface area contributed by atoms with Gasteiger partial charge < -0.3 is 4.90 Å². The van der Waals surface area contributed by atoms with Gasteiger partial charge in [-0.05, 0) is 48.4 Å². The van der Waals surface area contributed by atoms with Crippen molar-refractivity contribution in [3.05, 3.63) is 87.9 Å². The van der Waals surface area contributed by atoms with Crippen LogP contribution in [0.1, 0.15) is 11.1 Å². The molecule has 0 fully saturated rings. The van der Waals surface area contributed by atoms with Gasteiger partial charge in [0.05, 0.1) is 22.0 Å². The van der Waals surface area contributed by atoms with Gasteiger partial charge in [0.25, 0.3) is 0 Å². The number of amides is 1. The molecule has 1 amide bonds. The van der Waals surface area contributed by atoms with Crippen LogP contribution in [0.3, 0.4) is 0 Å². The fraction of sp³-hybridized carbons (Fsp3) is 0.160. The molecule has 0 saturated carbocycles. The highest BCUT2D eigenvalue weighted by Gasteiger charge is 2.34. The van der Waals surface area contributed by atoms with E-state index in [4.69, 9.17) is 23.2 Å². The van der Waals surface area contributed by atoms with Gasteiger partial charge in [0.1, 0.15) is 0 Å². The number of anilines is 1. The van der Waals surface area contributed by atoms with Crippen molar-refractivity contribution in [3.8, 4) is 17.1 Å². The van der Waals surface area contributed by atoms with Gasteiger partial charge in [-0.15, -0.1) is 10.2 Å². The van der Waals surface area contributed by atoms with Crippen LogP contribution in [0.2, 0.25) is 10.0 Å². The zero-order valence-electron chi connectivity index (χ0n) is 18.5. The Morgan fingerprint density at radius 1 is 1.00 bits per heavy atom. The molecule has 1 aliphatic heterocycles. The summed E-state index contributed by atoms with van der Waals surface area (Å²) in [6, 6.07) is 18.0. The first kappa shape index (κ1) is 24.7. The molecule has 1 aliphatic rings. The minimum Gasteiger partial charge on any atom is -0.311 e. The Labute approximate surface area is 218 Å². The van der Waals surface area contributed by atoms with Crippen molar-refractivity contribution in [1.29, 1.82) is 0 Å². The molecule has 0 N–H and O–H groups in total. The summed E-state index contributed by atoms with van der Waals surface area (Å²) in [6.45, 7) is 0.575.